The van der Waals surface area contributed by atoms with Gasteiger partial charge in [-0.2, -0.15) is 4.98 Å². The highest BCUT2D eigenvalue weighted by atomic mass is 15.3. The number of aromatic nitrogens is 3. The molecule has 4 rings (SSSR count). The predicted octanol–water partition coefficient (Wildman–Crippen LogP) is 2.34. The van der Waals surface area contributed by atoms with Crippen LogP contribution < -0.4 is 10.6 Å². The molecule has 0 aliphatic carbocycles. The van der Waals surface area contributed by atoms with Crippen LogP contribution in [0.25, 0.3) is 10.9 Å². The van der Waals surface area contributed by atoms with E-state index < -0.39 is 0 Å². The molecular weight excluding hydrogens is 362 g/mol. The van der Waals surface area contributed by atoms with E-state index in [-0.39, 0.29) is 0 Å². The number of fused-ring (bicyclic) bond motifs is 1. The van der Waals surface area contributed by atoms with Gasteiger partial charge >= 0.3 is 0 Å². The van der Waals surface area contributed by atoms with Crippen LogP contribution in [0, 0.1) is 0 Å². The average molecular weight is 392 g/mol. The second-order valence-corrected chi connectivity index (χ2v) is 7.48. The summed E-state index contributed by atoms with van der Waals surface area (Å²) in [5.41, 5.74) is 2.01. The Morgan fingerprint density at radius 3 is 2.55 bits per heavy atom. The third-order valence-corrected chi connectivity index (χ3v) is 5.31. The van der Waals surface area contributed by atoms with Crippen LogP contribution in [0.1, 0.15) is 5.69 Å². The molecule has 7 heteroatoms. The molecule has 7 nitrogen and oxygen atoms in total. The topological polar surface area (TPSA) is 69.2 Å². The number of hydrogen-bond donors (Lipinski definition) is 2. The fourth-order valence-corrected chi connectivity index (χ4v) is 3.54. The van der Waals surface area contributed by atoms with Crippen LogP contribution in [0.4, 0.5) is 11.8 Å². The van der Waals surface area contributed by atoms with E-state index in [2.05, 4.69) is 43.5 Å². The number of nitrogens with zero attached hydrogens (tertiary/aromatic N) is 5. The number of rotatable bonds is 8. The molecular formula is C22H29N7. The molecule has 0 atom stereocenters. The van der Waals surface area contributed by atoms with Crippen LogP contribution in [0.3, 0.4) is 0 Å². The Bertz CT molecular complexity index is 907. The van der Waals surface area contributed by atoms with Gasteiger partial charge in [0.15, 0.2) is 0 Å². The smallest absolute Gasteiger partial charge is 0.225 e. The Morgan fingerprint density at radius 1 is 0.897 bits per heavy atom. The second-order valence-electron chi connectivity index (χ2n) is 7.48. The maximum Gasteiger partial charge on any atom is 0.225 e. The van der Waals surface area contributed by atoms with E-state index >= 15 is 0 Å². The molecule has 2 N–H and O–H groups in total. The first-order valence-corrected chi connectivity index (χ1v) is 10.3. The lowest BCUT2D eigenvalue weighted by Gasteiger charge is -2.32. The summed E-state index contributed by atoms with van der Waals surface area (Å²) in [7, 11) is 2.19. The lowest BCUT2D eigenvalue weighted by atomic mass is 10.2. The van der Waals surface area contributed by atoms with Gasteiger partial charge in [0, 0.05) is 69.5 Å². The lowest BCUT2D eigenvalue weighted by Crippen LogP contribution is -2.45. The molecule has 0 unspecified atom stereocenters. The SMILES string of the molecule is CN1CCN(CCNc2nc(NCCc3ccccn3)nc3ccccc23)CC1. The highest BCUT2D eigenvalue weighted by Gasteiger charge is 2.13. The number of pyridine rings is 1. The van der Waals surface area contributed by atoms with Gasteiger partial charge in [-0.15, -0.1) is 0 Å². The van der Waals surface area contributed by atoms with E-state index in [4.69, 9.17) is 4.98 Å². The number of hydrogen-bond acceptors (Lipinski definition) is 7. The summed E-state index contributed by atoms with van der Waals surface area (Å²) in [5.74, 6) is 1.55. The maximum atomic E-state index is 4.75. The Morgan fingerprint density at radius 2 is 1.72 bits per heavy atom. The van der Waals surface area contributed by atoms with Crippen LogP contribution >= 0.6 is 0 Å². The third-order valence-electron chi connectivity index (χ3n) is 5.31. The number of anilines is 2. The molecule has 1 aliphatic rings. The zero-order chi connectivity index (χ0) is 19.9. The maximum absolute atomic E-state index is 4.75. The monoisotopic (exact) mass is 391 g/mol. The van der Waals surface area contributed by atoms with Gasteiger partial charge in [-0.1, -0.05) is 18.2 Å². The van der Waals surface area contributed by atoms with Crippen LogP contribution in [-0.2, 0) is 6.42 Å². The highest BCUT2D eigenvalue weighted by molar-refractivity contribution is 5.90. The van der Waals surface area contributed by atoms with Crippen molar-refractivity contribution in [3.8, 4) is 0 Å². The molecule has 1 aromatic carbocycles. The largest absolute Gasteiger partial charge is 0.368 e. The van der Waals surface area contributed by atoms with Crippen molar-refractivity contribution in [3.63, 3.8) is 0 Å². The number of likely N-dealkylation sites (N-methyl/N-ethyl adjacent to an activating group) is 1. The van der Waals surface area contributed by atoms with Crippen molar-refractivity contribution >= 4 is 22.7 Å². The van der Waals surface area contributed by atoms with Crippen molar-refractivity contribution in [1.82, 2.24) is 24.8 Å². The number of piperazine rings is 1. The van der Waals surface area contributed by atoms with E-state index in [0.717, 1.165) is 74.6 Å². The molecule has 0 bridgehead atoms. The zero-order valence-corrected chi connectivity index (χ0v) is 17.0. The number of benzene rings is 1. The summed E-state index contributed by atoms with van der Waals surface area (Å²) < 4.78 is 0. The van der Waals surface area contributed by atoms with Gasteiger partial charge in [0.1, 0.15) is 5.82 Å². The third kappa shape index (κ3) is 5.40. The summed E-state index contributed by atoms with van der Waals surface area (Å²) >= 11 is 0. The van der Waals surface area contributed by atoms with E-state index in [1.165, 1.54) is 0 Å². The first-order chi connectivity index (χ1) is 14.3. The fourth-order valence-electron chi connectivity index (χ4n) is 3.54. The minimum atomic E-state index is 0.654. The lowest BCUT2D eigenvalue weighted by molar-refractivity contribution is 0.158. The number of para-hydroxylation sites is 1. The van der Waals surface area contributed by atoms with Gasteiger partial charge in [-0.3, -0.25) is 9.88 Å². The van der Waals surface area contributed by atoms with Crippen LogP contribution in [0.2, 0.25) is 0 Å². The van der Waals surface area contributed by atoms with Gasteiger partial charge in [0.05, 0.1) is 5.52 Å². The van der Waals surface area contributed by atoms with E-state index in [1.54, 1.807) is 0 Å². The van der Waals surface area contributed by atoms with Crippen molar-refractivity contribution in [1.29, 1.82) is 0 Å². The molecule has 1 aliphatic heterocycles. The standard InChI is InChI=1S/C22H29N7/c1-28-14-16-29(17-15-28)13-12-24-21-19-7-2-3-8-20(19)26-22(27-21)25-11-9-18-6-4-5-10-23-18/h2-8,10H,9,11-17H2,1H3,(H2,24,25,26,27). The minimum Gasteiger partial charge on any atom is -0.368 e. The van der Waals surface area contributed by atoms with Gasteiger partial charge in [-0.25, -0.2) is 4.98 Å². The summed E-state index contributed by atoms with van der Waals surface area (Å²) in [6.45, 7) is 7.18. The fraction of sp³-hybridized carbons (Fsp3) is 0.409. The molecule has 0 saturated carbocycles. The minimum absolute atomic E-state index is 0.654. The Kier molecular flexibility index (Phi) is 6.49. The van der Waals surface area contributed by atoms with Crippen LogP contribution in [0.15, 0.2) is 48.7 Å². The zero-order valence-electron chi connectivity index (χ0n) is 17.0. The molecule has 29 heavy (non-hydrogen) atoms. The molecule has 0 spiro atoms. The van der Waals surface area contributed by atoms with E-state index in [0.29, 0.717) is 5.95 Å². The van der Waals surface area contributed by atoms with Crippen molar-refractivity contribution < 1.29 is 0 Å². The molecule has 1 fully saturated rings. The Labute approximate surface area is 172 Å². The van der Waals surface area contributed by atoms with Crippen molar-refractivity contribution in [2.75, 3.05) is 63.5 Å². The van der Waals surface area contributed by atoms with Crippen molar-refractivity contribution in [3.05, 3.63) is 54.4 Å². The number of nitrogens with one attached hydrogen (secondary N) is 2. The Balaban J connectivity index is 1.39. The molecule has 1 saturated heterocycles. The molecule has 0 amide bonds. The quantitative estimate of drug-likeness (QED) is 0.611. The molecule has 2 aromatic heterocycles. The van der Waals surface area contributed by atoms with E-state index in [1.807, 2.05) is 42.6 Å². The Hall–Kier alpha value is -2.77. The molecule has 0 radical (unpaired) electrons. The van der Waals surface area contributed by atoms with Crippen molar-refractivity contribution in [2.24, 2.45) is 0 Å². The van der Waals surface area contributed by atoms with Crippen molar-refractivity contribution in [2.45, 2.75) is 6.42 Å². The summed E-state index contributed by atoms with van der Waals surface area (Å²) in [4.78, 5) is 18.7. The van der Waals surface area contributed by atoms with E-state index in [9.17, 15) is 0 Å². The van der Waals surface area contributed by atoms with Crippen LogP contribution in [-0.4, -0.2) is 77.6 Å². The van der Waals surface area contributed by atoms with Gasteiger partial charge in [-0.05, 0) is 31.3 Å². The van der Waals surface area contributed by atoms with Gasteiger partial charge < -0.3 is 15.5 Å². The highest BCUT2D eigenvalue weighted by Crippen LogP contribution is 2.21. The van der Waals surface area contributed by atoms with Gasteiger partial charge in [0.25, 0.3) is 0 Å². The van der Waals surface area contributed by atoms with Crippen LogP contribution in [0.5, 0.6) is 0 Å². The second kappa shape index (κ2) is 9.62. The average Bonchev–Trinajstić information content (AvgIpc) is 2.76. The molecule has 3 aromatic rings. The summed E-state index contributed by atoms with van der Waals surface area (Å²) in [6.07, 6.45) is 2.66. The molecule has 3 heterocycles. The van der Waals surface area contributed by atoms with Gasteiger partial charge in [0.2, 0.25) is 5.95 Å². The first kappa shape index (κ1) is 19.5. The normalized spacial score (nSPS) is 15.5. The summed E-state index contributed by atoms with van der Waals surface area (Å²) in [6, 6.07) is 14.1. The first-order valence-electron chi connectivity index (χ1n) is 10.3. The molecule has 152 valence electrons. The summed E-state index contributed by atoms with van der Waals surface area (Å²) in [5, 5.41) is 7.94. The predicted molar refractivity (Wildman–Crippen MR) is 118 cm³/mol.